The maximum Gasteiger partial charge on any atom is 0.326 e. The third kappa shape index (κ3) is 5.07. The minimum Gasteiger partial charge on any atom is -0.451 e. The van der Waals surface area contributed by atoms with Crippen molar-refractivity contribution in [1.29, 1.82) is 5.26 Å². The topological polar surface area (TPSA) is 108 Å². The number of nitrogens with one attached hydrogen (secondary N) is 2. The van der Waals surface area contributed by atoms with Gasteiger partial charge in [0.2, 0.25) is 5.91 Å². The van der Waals surface area contributed by atoms with Gasteiger partial charge in [-0.15, -0.1) is 0 Å². The highest BCUT2D eigenvalue weighted by Gasteiger charge is 2.51. The van der Waals surface area contributed by atoms with Gasteiger partial charge < -0.3 is 15.4 Å². The number of hydrogen-bond acceptors (Lipinski definition) is 5. The maximum atomic E-state index is 12.5. The normalized spacial score (nSPS) is 29.0. The second kappa shape index (κ2) is 8.70. The van der Waals surface area contributed by atoms with Gasteiger partial charge in [-0.3, -0.25) is 14.4 Å². The van der Waals surface area contributed by atoms with E-state index in [1.165, 1.54) is 32.3 Å². The number of nitrogens with zero attached hydrogens (tertiary/aromatic N) is 1. The first kappa shape index (κ1) is 21.4. The molecule has 1 aromatic carbocycles. The molecule has 5 rings (SSSR count). The molecule has 4 bridgehead atoms. The van der Waals surface area contributed by atoms with Crippen molar-refractivity contribution in [3.8, 4) is 6.07 Å². The van der Waals surface area contributed by atoms with Gasteiger partial charge in [-0.2, -0.15) is 5.26 Å². The molecular formula is C24H29N3O4. The number of rotatable bonds is 7. The summed E-state index contributed by atoms with van der Waals surface area (Å²) in [6.07, 6.45) is 6.87. The van der Waals surface area contributed by atoms with Crippen LogP contribution in [0.4, 0.5) is 5.69 Å². The lowest BCUT2D eigenvalue weighted by Gasteiger charge is -2.56. The predicted octanol–water partition coefficient (Wildman–Crippen LogP) is 3.15. The summed E-state index contributed by atoms with van der Waals surface area (Å²) in [4.78, 5) is 36.9. The highest BCUT2D eigenvalue weighted by atomic mass is 16.5. The largest absolute Gasteiger partial charge is 0.451 e. The first-order chi connectivity index (χ1) is 14.8. The number of carbonyl (C=O) groups excluding carboxylic acids is 3. The van der Waals surface area contributed by atoms with Crippen LogP contribution in [0.5, 0.6) is 0 Å². The lowest BCUT2D eigenvalue weighted by Crippen LogP contribution is -2.48. The van der Waals surface area contributed by atoms with E-state index in [0.717, 1.165) is 37.0 Å². The molecule has 1 aromatic rings. The number of hydrogen-bond donors (Lipinski definition) is 2. The Morgan fingerprint density at radius 2 is 1.81 bits per heavy atom. The molecule has 4 saturated carbocycles. The molecule has 0 radical (unpaired) electrons. The second-order valence-corrected chi connectivity index (χ2v) is 9.69. The van der Waals surface area contributed by atoms with Crippen LogP contribution in [0.2, 0.25) is 0 Å². The van der Waals surface area contributed by atoms with Crippen LogP contribution in [0.1, 0.15) is 57.4 Å². The van der Waals surface area contributed by atoms with Gasteiger partial charge in [-0.25, -0.2) is 0 Å². The van der Waals surface area contributed by atoms with E-state index in [1.807, 2.05) is 6.07 Å². The molecule has 0 unspecified atom stereocenters. The molecule has 0 aliphatic heterocycles. The molecule has 7 heteroatoms. The highest BCUT2D eigenvalue weighted by Crippen LogP contribution is 2.61. The summed E-state index contributed by atoms with van der Waals surface area (Å²) in [6.45, 7) is 1.23. The lowest BCUT2D eigenvalue weighted by atomic mass is 9.49. The Kier molecular flexibility index (Phi) is 5.99. The Bertz CT molecular complexity index is 884. The van der Waals surface area contributed by atoms with Crippen LogP contribution in [0.15, 0.2) is 24.3 Å². The van der Waals surface area contributed by atoms with E-state index in [1.54, 1.807) is 18.2 Å². The van der Waals surface area contributed by atoms with E-state index in [0.29, 0.717) is 17.7 Å². The summed E-state index contributed by atoms with van der Waals surface area (Å²) in [5, 5.41) is 14.2. The summed E-state index contributed by atoms with van der Waals surface area (Å²) in [7, 11) is 0. The maximum absolute atomic E-state index is 12.5. The average Bonchev–Trinajstić information content (AvgIpc) is 2.71. The van der Waals surface area contributed by atoms with Crippen LogP contribution in [-0.2, 0) is 19.1 Å². The van der Waals surface area contributed by atoms with Crippen LogP contribution in [0.25, 0.3) is 0 Å². The number of esters is 1. The summed E-state index contributed by atoms with van der Waals surface area (Å²) in [5.41, 5.74) is 0.994. The molecule has 0 heterocycles. The van der Waals surface area contributed by atoms with Crippen LogP contribution >= 0.6 is 0 Å². The minimum atomic E-state index is -1.02. The first-order valence-corrected chi connectivity index (χ1v) is 11.1. The predicted molar refractivity (Wildman–Crippen MR) is 114 cm³/mol. The van der Waals surface area contributed by atoms with E-state index in [2.05, 4.69) is 10.6 Å². The molecule has 4 aliphatic carbocycles. The van der Waals surface area contributed by atoms with Gasteiger partial charge in [0, 0.05) is 12.1 Å². The standard InChI is InChI=1S/C24H29N3O4/c1-15(23(30)27-20-4-2-3-16(8-20)13-25)31-22(29)14-26-21(28)12-24-9-17-5-18(10-24)7-19(6-17)11-24/h2-4,8,15,17-19H,5-7,9-12,14H2,1H3,(H,26,28)(H,27,30)/t15-,17?,18?,19?,24?/m0/s1. The van der Waals surface area contributed by atoms with Crippen molar-refractivity contribution >= 4 is 23.5 Å². The molecule has 164 valence electrons. The quantitative estimate of drug-likeness (QED) is 0.655. The first-order valence-electron chi connectivity index (χ1n) is 11.1. The number of anilines is 1. The number of amides is 2. The fourth-order valence-corrected chi connectivity index (χ4v) is 6.28. The summed E-state index contributed by atoms with van der Waals surface area (Å²) < 4.78 is 5.15. The van der Waals surface area contributed by atoms with Gasteiger partial charge in [0.15, 0.2) is 6.10 Å². The van der Waals surface area contributed by atoms with Gasteiger partial charge in [0.1, 0.15) is 6.54 Å². The Labute approximate surface area is 182 Å². The van der Waals surface area contributed by atoms with Crippen LogP contribution in [0.3, 0.4) is 0 Å². The fourth-order valence-electron chi connectivity index (χ4n) is 6.28. The zero-order valence-corrected chi connectivity index (χ0v) is 17.9. The highest BCUT2D eigenvalue weighted by molar-refractivity contribution is 5.95. The average molecular weight is 424 g/mol. The summed E-state index contributed by atoms with van der Waals surface area (Å²) >= 11 is 0. The number of benzene rings is 1. The van der Waals surface area contributed by atoms with Crippen molar-refractivity contribution in [2.45, 2.75) is 58.0 Å². The number of nitriles is 1. The Morgan fingerprint density at radius 3 is 2.42 bits per heavy atom. The third-order valence-corrected chi connectivity index (χ3v) is 7.07. The van der Waals surface area contributed by atoms with Crippen molar-refractivity contribution < 1.29 is 19.1 Å². The molecule has 2 N–H and O–H groups in total. The SMILES string of the molecule is C[C@H](OC(=O)CNC(=O)CC12CC3CC(CC(C3)C1)C2)C(=O)Nc1cccc(C#N)c1. The van der Waals surface area contributed by atoms with Crippen molar-refractivity contribution in [3.05, 3.63) is 29.8 Å². The smallest absolute Gasteiger partial charge is 0.326 e. The van der Waals surface area contributed by atoms with Gasteiger partial charge in [0.05, 0.1) is 11.6 Å². The molecule has 31 heavy (non-hydrogen) atoms. The molecule has 7 nitrogen and oxygen atoms in total. The van der Waals surface area contributed by atoms with E-state index in [9.17, 15) is 14.4 Å². The molecule has 4 fully saturated rings. The Hall–Kier alpha value is -2.88. The van der Waals surface area contributed by atoms with Crippen molar-refractivity contribution in [1.82, 2.24) is 5.32 Å². The lowest BCUT2D eigenvalue weighted by molar-refractivity contribution is -0.153. The summed E-state index contributed by atoms with van der Waals surface area (Å²) in [5.74, 6) is 1.08. The van der Waals surface area contributed by atoms with E-state index < -0.39 is 18.0 Å². The van der Waals surface area contributed by atoms with Gasteiger partial charge in [-0.1, -0.05) is 6.07 Å². The Morgan fingerprint density at radius 1 is 1.16 bits per heavy atom. The number of ether oxygens (including phenoxy) is 1. The van der Waals surface area contributed by atoms with Gasteiger partial charge in [-0.05, 0) is 86.8 Å². The monoisotopic (exact) mass is 423 g/mol. The second-order valence-electron chi connectivity index (χ2n) is 9.69. The van der Waals surface area contributed by atoms with Crippen molar-refractivity contribution in [3.63, 3.8) is 0 Å². The summed E-state index contributed by atoms with van der Waals surface area (Å²) in [6, 6.07) is 8.48. The molecule has 4 aliphatic rings. The van der Waals surface area contributed by atoms with E-state index in [4.69, 9.17) is 10.00 Å². The number of carbonyl (C=O) groups is 3. The van der Waals surface area contributed by atoms with Crippen LogP contribution < -0.4 is 10.6 Å². The molecule has 2 amide bonds. The molecular weight excluding hydrogens is 394 g/mol. The van der Waals surface area contributed by atoms with E-state index >= 15 is 0 Å². The van der Waals surface area contributed by atoms with Crippen molar-refractivity contribution in [2.75, 3.05) is 11.9 Å². The van der Waals surface area contributed by atoms with Crippen LogP contribution in [0, 0.1) is 34.5 Å². The Balaban J connectivity index is 1.21. The molecule has 1 atom stereocenters. The minimum absolute atomic E-state index is 0.107. The molecule has 0 aromatic heterocycles. The zero-order chi connectivity index (χ0) is 22.0. The van der Waals surface area contributed by atoms with Gasteiger partial charge >= 0.3 is 5.97 Å². The van der Waals surface area contributed by atoms with Gasteiger partial charge in [0.25, 0.3) is 5.91 Å². The molecule has 0 saturated heterocycles. The van der Waals surface area contributed by atoms with Crippen molar-refractivity contribution in [2.24, 2.45) is 23.2 Å². The van der Waals surface area contributed by atoms with Crippen LogP contribution in [-0.4, -0.2) is 30.4 Å². The van der Waals surface area contributed by atoms with E-state index in [-0.39, 0.29) is 17.9 Å². The fraction of sp³-hybridized carbons (Fsp3) is 0.583. The zero-order valence-electron chi connectivity index (χ0n) is 17.9. The third-order valence-electron chi connectivity index (χ3n) is 7.07. The molecule has 0 spiro atoms.